The smallest absolute Gasteiger partial charge is 0.119 e. The second kappa shape index (κ2) is 9.66. The fourth-order valence-electron chi connectivity index (χ4n) is 5.64. The standard InChI is InChI=1S/C37H27NO/c1-39-32-22-20-31(21-23-32)38(35-16-8-13-27-10-4-6-14-33(27)35)36-24-19-28-11-5-7-15-34(28)37(36)30-18-17-26-9-2-3-12-29(26)25-30/h2-25H,1H3. The molecule has 0 amide bonds. The van der Waals surface area contributed by atoms with Crippen LogP contribution in [0.2, 0.25) is 0 Å². The molecule has 186 valence electrons. The monoisotopic (exact) mass is 501 g/mol. The molecule has 0 fully saturated rings. The van der Waals surface area contributed by atoms with E-state index in [0.717, 1.165) is 22.8 Å². The zero-order chi connectivity index (χ0) is 26.2. The van der Waals surface area contributed by atoms with Crippen LogP contribution >= 0.6 is 0 Å². The second-order valence-electron chi connectivity index (χ2n) is 9.77. The maximum atomic E-state index is 5.50. The summed E-state index contributed by atoms with van der Waals surface area (Å²) in [7, 11) is 1.71. The van der Waals surface area contributed by atoms with Gasteiger partial charge in [0.25, 0.3) is 0 Å². The van der Waals surface area contributed by atoms with Gasteiger partial charge in [0.1, 0.15) is 5.75 Å². The Bertz CT molecular complexity index is 1950. The maximum absolute atomic E-state index is 5.50. The number of ether oxygens (including phenoxy) is 1. The van der Waals surface area contributed by atoms with E-state index in [0.29, 0.717) is 0 Å². The van der Waals surface area contributed by atoms with Gasteiger partial charge in [-0.3, -0.25) is 0 Å². The lowest BCUT2D eigenvalue weighted by molar-refractivity contribution is 0.415. The molecule has 0 radical (unpaired) electrons. The average molecular weight is 502 g/mol. The van der Waals surface area contributed by atoms with Gasteiger partial charge in [0.15, 0.2) is 0 Å². The highest BCUT2D eigenvalue weighted by Gasteiger charge is 2.21. The molecule has 0 atom stereocenters. The van der Waals surface area contributed by atoms with Crippen molar-refractivity contribution < 1.29 is 4.74 Å². The van der Waals surface area contributed by atoms with Crippen molar-refractivity contribution >= 4 is 49.4 Å². The summed E-state index contributed by atoms with van der Waals surface area (Å²) in [4.78, 5) is 2.39. The second-order valence-corrected chi connectivity index (χ2v) is 9.77. The molecular weight excluding hydrogens is 474 g/mol. The molecule has 0 saturated heterocycles. The zero-order valence-electron chi connectivity index (χ0n) is 21.7. The first kappa shape index (κ1) is 23.1. The van der Waals surface area contributed by atoms with Gasteiger partial charge < -0.3 is 9.64 Å². The van der Waals surface area contributed by atoms with Crippen molar-refractivity contribution in [2.75, 3.05) is 12.0 Å². The van der Waals surface area contributed by atoms with Crippen molar-refractivity contribution in [2.24, 2.45) is 0 Å². The van der Waals surface area contributed by atoms with Crippen LogP contribution in [0.5, 0.6) is 5.75 Å². The van der Waals surface area contributed by atoms with Crippen LogP contribution in [-0.4, -0.2) is 7.11 Å². The first-order valence-corrected chi connectivity index (χ1v) is 13.2. The molecule has 7 aromatic carbocycles. The zero-order valence-corrected chi connectivity index (χ0v) is 21.7. The quantitative estimate of drug-likeness (QED) is 0.233. The van der Waals surface area contributed by atoms with Gasteiger partial charge in [-0.2, -0.15) is 0 Å². The Morgan fingerprint density at radius 1 is 0.462 bits per heavy atom. The summed E-state index contributed by atoms with van der Waals surface area (Å²) in [5.41, 5.74) is 5.74. The largest absolute Gasteiger partial charge is 0.497 e. The number of anilines is 3. The molecule has 0 unspecified atom stereocenters. The summed E-state index contributed by atoms with van der Waals surface area (Å²) in [6.07, 6.45) is 0. The third-order valence-electron chi connectivity index (χ3n) is 7.52. The van der Waals surface area contributed by atoms with E-state index < -0.39 is 0 Å². The van der Waals surface area contributed by atoms with Crippen molar-refractivity contribution in [1.82, 2.24) is 0 Å². The highest BCUT2D eigenvalue weighted by Crippen LogP contribution is 2.46. The SMILES string of the molecule is COc1ccc(N(c2ccc3ccccc3c2-c2ccc3ccccc3c2)c2cccc3ccccc23)cc1. The Balaban J connectivity index is 1.57. The Kier molecular flexibility index (Phi) is 5.71. The summed E-state index contributed by atoms with van der Waals surface area (Å²) in [5, 5.41) is 7.33. The Hall–Kier alpha value is -5.08. The third-order valence-corrected chi connectivity index (χ3v) is 7.52. The van der Waals surface area contributed by atoms with Crippen LogP contribution < -0.4 is 9.64 Å². The van der Waals surface area contributed by atoms with Crippen LogP contribution in [0, 0.1) is 0 Å². The molecule has 7 rings (SSSR count). The van der Waals surface area contributed by atoms with Crippen LogP contribution in [-0.2, 0) is 0 Å². The Morgan fingerprint density at radius 3 is 1.85 bits per heavy atom. The molecule has 2 heteroatoms. The molecule has 2 nitrogen and oxygen atoms in total. The van der Waals surface area contributed by atoms with Crippen molar-refractivity contribution in [3.8, 4) is 16.9 Å². The number of hydrogen-bond acceptors (Lipinski definition) is 2. The van der Waals surface area contributed by atoms with Crippen LogP contribution in [0.4, 0.5) is 17.1 Å². The van der Waals surface area contributed by atoms with E-state index in [1.165, 1.54) is 43.4 Å². The van der Waals surface area contributed by atoms with Crippen LogP contribution in [0.3, 0.4) is 0 Å². The molecular formula is C37H27NO. The molecule has 0 N–H and O–H groups in total. The Labute approximate surface area is 228 Å². The normalized spacial score (nSPS) is 11.2. The molecule has 7 aromatic rings. The minimum atomic E-state index is 0.838. The van der Waals surface area contributed by atoms with Crippen LogP contribution in [0.1, 0.15) is 0 Å². The predicted molar refractivity (Wildman–Crippen MR) is 166 cm³/mol. The summed E-state index contributed by atoms with van der Waals surface area (Å²) in [5.74, 6) is 0.838. The number of hydrogen-bond donors (Lipinski definition) is 0. The van der Waals surface area contributed by atoms with E-state index in [4.69, 9.17) is 4.74 Å². The van der Waals surface area contributed by atoms with Gasteiger partial charge in [0.2, 0.25) is 0 Å². The van der Waals surface area contributed by atoms with Gasteiger partial charge in [-0.05, 0) is 75.0 Å². The molecule has 0 bridgehead atoms. The van der Waals surface area contributed by atoms with Gasteiger partial charge in [0.05, 0.1) is 18.5 Å². The minimum Gasteiger partial charge on any atom is -0.497 e. The van der Waals surface area contributed by atoms with Crippen molar-refractivity contribution in [3.63, 3.8) is 0 Å². The maximum Gasteiger partial charge on any atom is 0.119 e. The lowest BCUT2D eigenvalue weighted by Gasteiger charge is -2.30. The summed E-state index contributed by atoms with van der Waals surface area (Å²) >= 11 is 0. The van der Waals surface area contributed by atoms with Gasteiger partial charge >= 0.3 is 0 Å². The highest BCUT2D eigenvalue weighted by molar-refractivity contribution is 6.09. The van der Waals surface area contributed by atoms with E-state index in [1.807, 2.05) is 12.1 Å². The van der Waals surface area contributed by atoms with Crippen LogP contribution in [0.15, 0.2) is 146 Å². The number of rotatable bonds is 5. The lowest BCUT2D eigenvalue weighted by atomic mass is 9.93. The van der Waals surface area contributed by atoms with E-state index >= 15 is 0 Å². The van der Waals surface area contributed by atoms with E-state index in [2.05, 4.69) is 138 Å². The summed E-state index contributed by atoms with van der Waals surface area (Å²) < 4.78 is 5.50. The first-order chi connectivity index (χ1) is 19.3. The molecule has 0 aliphatic rings. The van der Waals surface area contributed by atoms with E-state index in [-0.39, 0.29) is 0 Å². The molecule has 0 aliphatic heterocycles. The van der Waals surface area contributed by atoms with E-state index in [1.54, 1.807) is 7.11 Å². The summed E-state index contributed by atoms with van der Waals surface area (Å²) in [6, 6.07) is 52.0. The number of fused-ring (bicyclic) bond motifs is 3. The molecule has 39 heavy (non-hydrogen) atoms. The number of benzene rings is 7. The van der Waals surface area contributed by atoms with Crippen molar-refractivity contribution in [2.45, 2.75) is 0 Å². The fraction of sp³-hybridized carbons (Fsp3) is 0.0270. The topological polar surface area (TPSA) is 12.5 Å². The number of nitrogens with zero attached hydrogens (tertiary/aromatic N) is 1. The van der Waals surface area contributed by atoms with Gasteiger partial charge in [-0.25, -0.2) is 0 Å². The lowest BCUT2D eigenvalue weighted by Crippen LogP contribution is -2.12. The number of methoxy groups -OCH3 is 1. The third kappa shape index (κ3) is 4.07. The average Bonchev–Trinajstić information content (AvgIpc) is 3.01. The van der Waals surface area contributed by atoms with E-state index in [9.17, 15) is 0 Å². The van der Waals surface area contributed by atoms with Crippen LogP contribution in [0.25, 0.3) is 43.4 Å². The molecule has 0 heterocycles. The van der Waals surface area contributed by atoms with Gasteiger partial charge in [-0.15, -0.1) is 0 Å². The van der Waals surface area contributed by atoms with Gasteiger partial charge in [0, 0.05) is 16.6 Å². The molecule has 0 spiro atoms. The first-order valence-electron chi connectivity index (χ1n) is 13.2. The Morgan fingerprint density at radius 2 is 1.08 bits per heavy atom. The highest BCUT2D eigenvalue weighted by atomic mass is 16.5. The summed E-state index contributed by atoms with van der Waals surface area (Å²) in [6.45, 7) is 0. The van der Waals surface area contributed by atoms with Crippen molar-refractivity contribution in [1.29, 1.82) is 0 Å². The van der Waals surface area contributed by atoms with Crippen molar-refractivity contribution in [3.05, 3.63) is 146 Å². The minimum absolute atomic E-state index is 0.838. The fourth-order valence-corrected chi connectivity index (χ4v) is 5.64. The molecule has 0 aliphatic carbocycles. The predicted octanol–water partition coefficient (Wildman–Crippen LogP) is 10.3. The molecule has 0 aromatic heterocycles. The molecule has 0 saturated carbocycles. The van der Waals surface area contributed by atoms with Gasteiger partial charge in [-0.1, -0.05) is 103 Å².